The summed E-state index contributed by atoms with van der Waals surface area (Å²) in [6, 6.07) is 0. The zero-order chi connectivity index (χ0) is 10.9. The molecule has 0 aromatic heterocycles. The third-order valence-corrected chi connectivity index (χ3v) is 2.40. The molecule has 0 bridgehead atoms. The second-order valence-corrected chi connectivity index (χ2v) is 3.58. The van der Waals surface area contributed by atoms with Crippen molar-refractivity contribution in [1.82, 2.24) is 5.32 Å². The van der Waals surface area contributed by atoms with Crippen LogP contribution in [-0.4, -0.2) is 45.4 Å². The number of ether oxygens (including phenoxy) is 2. The molecule has 5 heteroatoms. The lowest BCUT2D eigenvalue weighted by atomic mass is 9.99. The van der Waals surface area contributed by atoms with E-state index in [0.717, 1.165) is 12.8 Å². The smallest absolute Gasteiger partial charge is 0.223 e. The number of rotatable bonds is 6. The molecule has 0 aromatic rings. The Labute approximate surface area is 90.3 Å². The SMILES string of the molecule is NCCOCCNC(=O)C1CCOCC1. The average molecular weight is 216 g/mol. The van der Waals surface area contributed by atoms with Crippen molar-refractivity contribution in [3.05, 3.63) is 0 Å². The molecular formula is C10H20N2O3. The van der Waals surface area contributed by atoms with E-state index >= 15 is 0 Å². The van der Waals surface area contributed by atoms with Gasteiger partial charge < -0.3 is 20.5 Å². The lowest BCUT2D eigenvalue weighted by molar-refractivity contribution is -0.128. The van der Waals surface area contributed by atoms with Crippen molar-refractivity contribution in [3.63, 3.8) is 0 Å². The molecule has 0 unspecified atom stereocenters. The van der Waals surface area contributed by atoms with Crippen LogP contribution in [0.2, 0.25) is 0 Å². The molecule has 0 spiro atoms. The van der Waals surface area contributed by atoms with Gasteiger partial charge in [0, 0.05) is 32.2 Å². The fraction of sp³-hybridized carbons (Fsp3) is 0.900. The molecule has 3 N–H and O–H groups in total. The Morgan fingerprint density at radius 3 is 2.80 bits per heavy atom. The maximum Gasteiger partial charge on any atom is 0.223 e. The highest BCUT2D eigenvalue weighted by atomic mass is 16.5. The molecule has 1 amide bonds. The van der Waals surface area contributed by atoms with Gasteiger partial charge in [0.25, 0.3) is 0 Å². The fourth-order valence-corrected chi connectivity index (χ4v) is 1.54. The van der Waals surface area contributed by atoms with Gasteiger partial charge in [0.2, 0.25) is 5.91 Å². The van der Waals surface area contributed by atoms with Gasteiger partial charge in [-0.05, 0) is 12.8 Å². The van der Waals surface area contributed by atoms with Crippen LogP contribution in [0.1, 0.15) is 12.8 Å². The van der Waals surface area contributed by atoms with E-state index in [1.165, 1.54) is 0 Å². The minimum atomic E-state index is 0.119. The predicted molar refractivity (Wildman–Crippen MR) is 56.4 cm³/mol. The summed E-state index contributed by atoms with van der Waals surface area (Å²) < 4.78 is 10.3. The Hall–Kier alpha value is -0.650. The largest absolute Gasteiger partial charge is 0.381 e. The third-order valence-electron chi connectivity index (χ3n) is 2.40. The first-order chi connectivity index (χ1) is 7.34. The van der Waals surface area contributed by atoms with Crippen LogP contribution in [0.15, 0.2) is 0 Å². The quantitative estimate of drug-likeness (QED) is 0.587. The Morgan fingerprint density at radius 1 is 1.40 bits per heavy atom. The van der Waals surface area contributed by atoms with Crippen molar-refractivity contribution in [2.75, 3.05) is 39.5 Å². The van der Waals surface area contributed by atoms with Crippen molar-refractivity contribution in [3.8, 4) is 0 Å². The molecule has 1 heterocycles. The number of hydrogen-bond acceptors (Lipinski definition) is 4. The highest BCUT2D eigenvalue weighted by Crippen LogP contribution is 2.14. The molecule has 88 valence electrons. The highest BCUT2D eigenvalue weighted by Gasteiger charge is 2.20. The summed E-state index contributed by atoms with van der Waals surface area (Å²) in [5.41, 5.74) is 5.26. The van der Waals surface area contributed by atoms with E-state index in [1.807, 2.05) is 0 Å². The molecule has 0 saturated carbocycles. The number of nitrogens with two attached hydrogens (primary N) is 1. The van der Waals surface area contributed by atoms with Gasteiger partial charge in [-0.1, -0.05) is 0 Å². The van der Waals surface area contributed by atoms with Crippen LogP contribution in [0.4, 0.5) is 0 Å². The average Bonchev–Trinajstić information content (AvgIpc) is 2.30. The molecule has 0 atom stereocenters. The molecule has 0 radical (unpaired) electrons. The van der Waals surface area contributed by atoms with E-state index in [9.17, 15) is 4.79 Å². The molecule has 0 aliphatic carbocycles. The van der Waals surface area contributed by atoms with Crippen molar-refractivity contribution in [2.45, 2.75) is 12.8 Å². The van der Waals surface area contributed by atoms with Gasteiger partial charge in [0.1, 0.15) is 0 Å². The summed E-state index contributed by atoms with van der Waals surface area (Å²) >= 11 is 0. The predicted octanol–water partition coefficient (Wildman–Crippen LogP) is -0.495. The van der Waals surface area contributed by atoms with Crippen molar-refractivity contribution < 1.29 is 14.3 Å². The zero-order valence-corrected chi connectivity index (χ0v) is 9.04. The molecule has 0 aromatic carbocycles. The number of hydrogen-bond donors (Lipinski definition) is 2. The summed E-state index contributed by atoms with van der Waals surface area (Å²) in [6.07, 6.45) is 1.66. The topological polar surface area (TPSA) is 73.6 Å². The first-order valence-electron chi connectivity index (χ1n) is 5.48. The van der Waals surface area contributed by atoms with E-state index in [1.54, 1.807) is 0 Å². The molecule has 1 rings (SSSR count). The third kappa shape index (κ3) is 5.11. The van der Waals surface area contributed by atoms with E-state index in [4.69, 9.17) is 15.2 Å². The van der Waals surface area contributed by atoms with Gasteiger partial charge in [0.05, 0.1) is 13.2 Å². The van der Waals surface area contributed by atoms with E-state index in [2.05, 4.69) is 5.32 Å². The normalized spacial score (nSPS) is 17.7. The molecule has 5 nitrogen and oxygen atoms in total. The maximum atomic E-state index is 11.6. The molecule has 15 heavy (non-hydrogen) atoms. The molecule has 1 fully saturated rings. The second-order valence-electron chi connectivity index (χ2n) is 3.58. The summed E-state index contributed by atoms with van der Waals surface area (Å²) in [5.74, 6) is 0.239. The minimum absolute atomic E-state index is 0.119. The lowest BCUT2D eigenvalue weighted by Gasteiger charge is -2.21. The van der Waals surface area contributed by atoms with Gasteiger partial charge >= 0.3 is 0 Å². The standard InChI is InChI=1S/C10H20N2O3/c11-3-7-15-8-4-12-10(13)9-1-5-14-6-2-9/h9H,1-8,11H2,(H,12,13). The van der Waals surface area contributed by atoms with E-state index in [-0.39, 0.29) is 11.8 Å². The summed E-state index contributed by atoms with van der Waals surface area (Å²) in [5, 5.41) is 2.85. The molecular weight excluding hydrogens is 196 g/mol. The van der Waals surface area contributed by atoms with Crippen LogP contribution >= 0.6 is 0 Å². The number of carbonyl (C=O) groups is 1. The first-order valence-corrected chi connectivity index (χ1v) is 5.48. The summed E-state index contributed by atoms with van der Waals surface area (Å²) in [6.45, 7) is 3.56. The van der Waals surface area contributed by atoms with Gasteiger partial charge in [-0.2, -0.15) is 0 Å². The van der Waals surface area contributed by atoms with Crippen molar-refractivity contribution in [1.29, 1.82) is 0 Å². The summed E-state index contributed by atoms with van der Waals surface area (Å²) in [7, 11) is 0. The van der Waals surface area contributed by atoms with Crippen molar-refractivity contribution >= 4 is 5.91 Å². The lowest BCUT2D eigenvalue weighted by Crippen LogP contribution is -2.36. The second kappa shape index (κ2) is 7.62. The minimum Gasteiger partial charge on any atom is -0.381 e. The van der Waals surface area contributed by atoms with Crippen LogP contribution in [-0.2, 0) is 14.3 Å². The van der Waals surface area contributed by atoms with Crippen molar-refractivity contribution in [2.24, 2.45) is 11.7 Å². The van der Waals surface area contributed by atoms with Crippen LogP contribution in [0.5, 0.6) is 0 Å². The van der Waals surface area contributed by atoms with E-state index in [0.29, 0.717) is 39.5 Å². The van der Waals surface area contributed by atoms with Crippen LogP contribution in [0.25, 0.3) is 0 Å². The van der Waals surface area contributed by atoms with Crippen LogP contribution in [0.3, 0.4) is 0 Å². The number of nitrogens with one attached hydrogen (secondary N) is 1. The van der Waals surface area contributed by atoms with Gasteiger partial charge in [0.15, 0.2) is 0 Å². The zero-order valence-electron chi connectivity index (χ0n) is 9.04. The van der Waals surface area contributed by atoms with Gasteiger partial charge in [-0.3, -0.25) is 4.79 Å². The summed E-state index contributed by atoms with van der Waals surface area (Å²) in [4.78, 5) is 11.6. The van der Waals surface area contributed by atoms with Crippen LogP contribution in [0, 0.1) is 5.92 Å². The Balaban J connectivity index is 2.02. The monoisotopic (exact) mass is 216 g/mol. The maximum absolute atomic E-state index is 11.6. The van der Waals surface area contributed by atoms with Crippen LogP contribution < -0.4 is 11.1 Å². The Kier molecular flexibility index (Phi) is 6.31. The highest BCUT2D eigenvalue weighted by molar-refractivity contribution is 5.78. The Morgan fingerprint density at radius 2 is 2.13 bits per heavy atom. The fourth-order valence-electron chi connectivity index (χ4n) is 1.54. The first kappa shape index (κ1) is 12.4. The molecule has 1 aliphatic rings. The van der Waals surface area contributed by atoms with Gasteiger partial charge in [-0.15, -0.1) is 0 Å². The number of amides is 1. The number of carbonyl (C=O) groups excluding carboxylic acids is 1. The molecule has 1 saturated heterocycles. The molecule has 1 aliphatic heterocycles. The van der Waals surface area contributed by atoms with E-state index < -0.39 is 0 Å². The Bertz CT molecular complexity index is 182. The van der Waals surface area contributed by atoms with Gasteiger partial charge in [-0.25, -0.2) is 0 Å².